The molecule has 0 radical (unpaired) electrons. The monoisotopic (exact) mass is 446 g/mol. The van der Waals surface area contributed by atoms with Crippen molar-refractivity contribution in [1.82, 2.24) is 4.90 Å². The number of amides is 1. The lowest BCUT2D eigenvalue weighted by atomic mass is 10.1. The lowest BCUT2D eigenvalue weighted by Crippen LogP contribution is -2.32. The molecule has 1 aromatic heterocycles. The predicted octanol–water partition coefficient (Wildman–Crippen LogP) is 5.55. The van der Waals surface area contributed by atoms with E-state index in [2.05, 4.69) is 0 Å². The van der Waals surface area contributed by atoms with Crippen molar-refractivity contribution in [3.05, 3.63) is 90.2 Å². The van der Waals surface area contributed by atoms with E-state index in [-0.39, 0.29) is 18.4 Å². The van der Waals surface area contributed by atoms with E-state index in [1.54, 1.807) is 41.5 Å². The fourth-order valence-corrected chi connectivity index (χ4v) is 3.46. The fraction of sp³-hybridized carbons (Fsp3) is 0.259. The number of para-hydroxylation sites is 1. The summed E-state index contributed by atoms with van der Waals surface area (Å²) in [7, 11) is 0. The van der Waals surface area contributed by atoms with Gasteiger partial charge in [-0.3, -0.25) is 9.59 Å². The van der Waals surface area contributed by atoms with E-state index in [0.717, 1.165) is 24.2 Å². The summed E-state index contributed by atoms with van der Waals surface area (Å²) in [4.78, 5) is 25.6. The van der Waals surface area contributed by atoms with Gasteiger partial charge in [-0.2, -0.15) is 0 Å². The van der Waals surface area contributed by atoms with Crippen LogP contribution in [0.25, 0.3) is 11.3 Å². The molecule has 0 saturated heterocycles. The normalized spacial score (nSPS) is 14.6. The van der Waals surface area contributed by atoms with Gasteiger partial charge in [0.15, 0.2) is 0 Å². The van der Waals surface area contributed by atoms with Crippen molar-refractivity contribution in [2.24, 2.45) is 0 Å². The van der Waals surface area contributed by atoms with Crippen molar-refractivity contribution >= 4 is 11.9 Å². The molecule has 1 fully saturated rings. The van der Waals surface area contributed by atoms with Gasteiger partial charge in [0.1, 0.15) is 11.5 Å². The molecule has 6 nitrogen and oxygen atoms in total. The number of aliphatic carboxylic acids is 1. The summed E-state index contributed by atoms with van der Waals surface area (Å²) in [5.41, 5.74) is 2.05. The SMILES string of the molecule is [2H]C(c1ccccc1OCC/C=C\CC(=O)O)N(C(=O)c1ccc(-c2ccco2)cc1)C1CC1. The molecule has 1 saturated carbocycles. The maximum atomic E-state index is 13.4. The molecule has 1 N–H and O–H groups in total. The van der Waals surface area contributed by atoms with Gasteiger partial charge >= 0.3 is 5.97 Å². The fourth-order valence-electron chi connectivity index (χ4n) is 3.46. The van der Waals surface area contributed by atoms with Crippen LogP contribution in [-0.4, -0.2) is 34.5 Å². The minimum atomic E-state index is -0.900. The number of nitrogens with zero attached hydrogens (tertiary/aromatic N) is 1. The van der Waals surface area contributed by atoms with Crippen LogP contribution in [0.15, 0.2) is 83.5 Å². The van der Waals surface area contributed by atoms with E-state index < -0.39 is 12.5 Å². The Labute approximate surface area is 194 Å². The number of hydrogen-bond donors (Lipinski definition) is 1. The van der Waals surface area contributed by atoms with E-state index >= 15 is 0 Å². The van der Waals surface area contributed by atoms with Crippen LogP contribution in [0.1, 0.15) is 43.0 Å². The number of rotatable bonds is 11. The van der Waals surface area contributed by atoms with Gasteiger partial charge in [0, 0.05) is 29.3 Å². The third kappa shape index (κ3) is 6.13. The van der Waals surface area contributed by atoms with Gasteiger partial charge in [0.2, 0.25) is 0 Å². The minimum absolute atomic E-state index is 0.0215. The van der Waals surface area contributed by atoms with Crippen LogP contribution in [0.5, 0.6) is 5.75 Å². The highest BCUT2D eigenvalue weighted by Crippen LogP contribution is 2.32. The van der Waals surface area contributed by atoms with Crippen molar-refractivity contribution in [2.45, 2.75) is 38.2 Å². The van der Waals surface area contributed by atoms with Gasteiger partial charge in [-0.15, -0.1) is 0 Å². The van der Waals surface area contributed by atoms with E-state index in [9.17, 15) is 9.59 Å². The highest BCUT2D eigenvalue weighted by molar-refractivity contribution is 5.95. The van der Waals surface area contributed by atoms with Crippen LogP contribution in [-0.2, 0) is 11.3 Å². The quantitative estimate of drug-likeness (QED) is 0.308. The van der Waals surface area contributed by atoms with Gasteiger partial charge in [-0.1, -0.05) is 42.5 Å². The Balaban J connectivity index is 1.47. The number of furan rings is 1. The van der Waals surface area contributed by atoms with Crippen molar-refractivity contribution in [1.29, 1.82) is 0 Å². The van der Waals surface area contributed by atoms with Gasteiger partial charge in [-0.05, 0) is 49.6 Å². The zero-order chi connectivity index (χ0) is 23.9. The predicted molar refractivity (Wildman–Crippen MR) is 125 cm³/mol. The molecule has 0 aliphatic heterocycles. The molecule has 1 aliphatic rings. The third-order valence-corrected chi connectivity index (χ3v) is 5.31. The Bertz CT molecular complexity index is 1140. The number of carboxylic acid groups (broad SMARTS) is 1. The summed E-state index contributed by atoms with van der Waals surface area (Å²) in [6.07, 6.45) is 7.26. The van der Waals surface area contributed by atoms with Crippen LogP contribution >= 0.6 is 0 Å². The topological polar surface area (TPSA) is 80.0 Å². The molecule has 2 aromatic carbocycles. The first-order chi connectivity index (χ1) is 16.5. The average Bonchev–Trinajstić information content (AvgIpc) is 3.52. The summed E-state index contributed by atoms with van der Waals surface area (Å²) in [5.74, 6) is 0.237. The first kappa shape index (κ1) is 21.1. The van der Waals surface area contributed by atoms with Crippen molar-refractivity contribution in [3.8, 4) is 17.1 Å². The zero-order valence-corrected chi connectivity index (χ0v) is 18.2. The summed E-state index contributed by atoms with van der Waals surface area (Å²) in [6, 6.07) is 18.3. The number of benzene rings is 2. The number of ether oxygens (including phenoxy) is 1. The summed E-state index contributed by atoms with van der Waals surface area (Å²) < 4.78 is 20.3. The number of hydrogen-bond acceptors (Lipinski definition) is 4. The highest BCUT2D eigenvalue weighted by Gasteiger charge is 2.33. The molecule has 33 heavy (non-hydrogen) atoms. The van der Waals surface area contributed by atoms with Crippen LogP contribution in [0, 0.1) is 0 Å². The molecule has 4 rings (SSSR count). The molecule has 3 aromatic rings. The Kier molecular flexibility index (Phi) is 6.82. The van der Waals surface area contributed by atoms with E-state index in [1.807, 2.05) is 42.5 Å². The van der Waals surface area contributed by atoms with Crippen LogP contribution in [0.3, 0.4) is 0 Å². The minimum Gasteiger partial charge on any atom is -0.493 e. The Morgan fingerprint density at radius 2 is 1.88 bits per heavy atom. The van der Waals surface area contributed by atoms with Crippen molar-refractivity contribution in [3.63, 3.8) is 0 Å². The average molecular weight is 447 g/mol. The Hall–Kier alpha value is -3.80. The number of carbonyl (C=O) groups excluding carboxylic acids is 1. The van der Waals surface area contributed by atoms with Crippen molar-refractivity contribution in [2.75, 3.05) is 6.61 Å². The zero-order valence-electron chi connectivity index (χ0n) is 19.2. The summed E-state index contributed by atoms with van der Waals surface area (Å²) in [6.45, 7) is -0.547. The van der Waals surface area contributed by atoms with E-state index in [0.29, 0.717) is 29.9 Å². The molecule has 1 atom stereocenters. The Morgan fingerprint density at radius 1 is 1.09 bits per heavy atom. The first-order valence-electron chi connectivity index (χ1n) is 11.6. The maximum absolute atomic E-state index is 13.4. The summed E-state index contributed by atoms with van der Waals surface area (Å²) in [5, 5.41) is 8.69. The molecule has 6 heteroatoms. The van der Waals surface area contributed by atoms with Crippen LogP contribution in [0.2, 0.25) is 0 Å². The second-order valence-corrected chi connectivity index (χ2v) is 7.87. The molecular weight excluding hydrogens is 418 g/mol. The molecular formula is C27H27NO5. The summed E-state index contributed by atoms with van der Waals surface area (Å²) >= 11 is 0. The molecule has 1 amide bonds. The maximum Gasteiger partial charge on any atom is 0.307 e. The van der Waals surface area contributed by atoms with E-state index in [1.165, 1.54) is 0 Å². The smallest absolute Gasteiger partial charge is 0.307 e. The molecule has 1 aliphatic carbocycles. The van der Waals surface area contributed by atoms with Gasteiger partial charge < -0.3 is 19.2 Å². The van der Waals surface area contributed by atoms with Gasteiger partial charge in [-0.25, -0.2) is 0 Å². The Morgan fingerprint density at radius 3 is 2.58 bits per heavy atom. The number of carbonyl (C=O) groups is 2. The molecule has 0 spiro atoms. The largest absolute Gasteiger partial charge is 0.493 e. The van der Waals surface area contributed by atoms with Crippen molar-refractivity contribution < 1.29 is 25.2 Å². The standard InChI is InChI=1S/C27H27NO5/c29-26(30)10-2-1-5-17-32-25-8-4-3-7-22(25)19-28(23-15-16-23)27(31)21-13-11-20(12-14-21)24-9-6-18-33-24/h1-4,6-9,11-14,18,23H,5,10,15-17,19H2,(H,29,30)/b2-1-/i19D. The lowest BCUT2D eigenvalue weighted by Gasteiger charge is -2.24. The highest BCUT2D eigenvalue weighted by atomic mass is 16.5. The molecule has 170 valence electrons. The van der Waals surface area contributed by atoms with Crippen LogP contribution < -0.4 is 4.74 Å². The first-order valence-corrected chi connectivity index (χ1v) is 11.0. The molecule has 1 unspecified atom stereocenters. The molecule has 0 bridgehead atoms. The second kappa shape index (κ2) is 10.7. The lowest BCUT2D eigenvalue weighted by molar-refractivity contribution is -0.136. The second-order valence-electron chi connectivity index (χ2n) is 7.87. The number of carboxylic acids is 1. The van der Waals surface area contributed by atoms with Gasteiger partial charge in [0.25, 0.3) is 5.91 Å². The van der Waals surface area contributed by atoms with Gasteiger partial charge in [0.05, 0.1) is 20.7 Å². The molecule has 1 heterocycles. The third-order valence-electron chi connectivity index (χ3n) is 5.31. The van der Waals surface area contributed by atoms with E-state index in [4.69, 9.17) is 15.6 Å². The van der Waals surface area contributed by atoms with Crippen LogP contribution in [0.4, 0.5) is 0 Å².